The molecule has 2 N–H and O–H groups in total. The second kappa shape index (κ2) is 6.24. The molecule has 0 spiro atoms. The van der Waals surface area contributed by atoms with Crippen LogP contribution in [-0.2, 0) is 0 Å². The summed E-state index contributed by atoms with van der Waals surface area (Å²) in [6.45, 7) is 5.75. The van der Waals surface area contributed by atoms with Crippen molar-refractivity contribution < 1.29 is 4.79 Å². The Morgan fingerprint density at radius 3 is 3.06 bits per heavy atom. The topological polar surface area (TPSA) is 44.4 Å². The minimum atomic E-state index is 0.0990. The summed E-state index contributed by atoms with van der Waals surface area (Å²) in [7, 11) is 0. The van der Waals surface area contributed by atoms with Crippen LogP contribution < -0.4 is 10.6 Å². The lowest BCUT2D eigenvalue weighted by atomic mass is 9.84. The molecule has 1 aliphatic heterocycles. The molecule has 17 heavy (non-hydrogen) atoms. The van der Waals surface area contributed by atoms with E-state index in [4.69, 9.17) is 0 Å². The SMILES string of the molecule is CCC1CCCC(NCCN2CCNC2=O)C1. The molecule has 2 atom stereocenters. The standard InChI is InChI=1S/C13H25N3O/c1-2-11-4-3-5-12(10-11)14-6-8-16-9-7-15-13(16)17/h11-12,14H,2-10H2,1H3,(H,15,17). The summed E-state index contributed by atoms with van der Waals surface area (Å²) in [6, 6.07) is 0.779. The molecule has 1 saturated heterocycles. The first-order valence-corrected chi connectivity index (χ1v) is 7.05. The monoisotopic (exact) mass is 239 g/mol. The molecule has 0 bridgehead atoms. The van der Waals surface area contributed by atoms with E-state index < -0.39 is 0 Å². The van der Waals surface area contributed by atoms with Gasteiger partial charge in [0.2, 0.25) is 0 Å². The number of carbonyl (C=O) groups excluding carboxylic acids is 1. The van der Waals surface area contributed by atoms with Crippen molar-refractivity contribution in [1.82, 2.24) is 15.5 Å². The van der Waals surface area contributed by atoms with Gasteiger partial charge in [0.25, 0.3) is 0 Å². The number of rotatable bonds is 5. The lowest BCUT2D eigenvalue weighted by Gasteiger charge is -2.29. The van der Waals surface area contributed by atoms with Crippen LogP contribution >= 0.6 is 0 Å². The summed E-state index contributed by atoms with van der Waals surface area (Å²) < 4.78 is 0. The maximum absolute atomic E-state index is 11.3. The summed E-state index contributed by atoms with van der Waals surface area (Å²) in [5, 5.41) is 6.45. The zero-order chi connectivity index (χ0) is 12.1. The van der Waals surface area contributed by atoms with Crippen LogP contribution in [0.1, 0.15) is 39.0 Å². The highest BCUT2D eigenvalue weighted by Gasteiger charge is 2.22. The number of hydrogen-bond acceptors (Lipinski definition) is 2. The predicted molar refractivity (Wildman–Crippen MR) is 69.0 cm³/mol. The molecule has 0 aromatic heterocycles. The Hall–Kier alpha value is -0.770. The molecule has 1 heterocycles. The Kier molecular flexibility index (Phi) is 4.66. The number of nitrogens with zero attached hydrogens (tertiary/aromatic N) is 1. The van der Waals surface area contributed by atoms with Gasteiger partial charge in [-0.1, -0.05) is 26.2 Å². The molecule has 98 valence electrons. The second-order valence-electron chi connectivity index (χ2n) is 5.31. The molecular weight excluding hydrogens is 214 g/mol. The van der Waals surface area contributed by atoms with Gasteiger partial charge in [-0.3, -0.25) is 0 Å². The lowest BCUT2D eigenvalue weighted by Crippen LogP contribution is -2.40. The number of carbonyl (C=O) groups is 1. The van der Waals surface area contributed by atoms with E-state index in [0.29, 0.717) is 6.04 Å². The molecule has 2 rings (SSSR count). The number of amides is 2. The first-order valence-electron chi connectivity index (χ1n) is 7.05. The van der Waals surface area contributed by atoms with Crippen molar-refractivity contribution in [1.29, 1.82) is 0 Å². The molecule has 2 aliphatic rings. The lowest BCUT2D eigenvalue weighted by molar-refractivity contribution is 0.214. The molecule has 2 fully saturated rings. The molecule has 0 aromatic carbocycles. The first-order chi connectivity index (χ1) is 8.29. The maximum atomic E-state index is 11.3. The van der Waals surface area contributed by atoms with Crippen LogP contribution in [-0.4, -0.2) is 43.2 Å². The highest BCUT2D eigenvalue weighted by atomic mass is 16.2. The normalized spacial score (nSPS) is 29.5. The fourth-order valence-electron chi connectivity index (χ4n) is 2.98. The Bertz CT molecular complexity index is 257. The smallest absolute Gasteiger partial charge is 0.317 e. The van der Waals surface area contributed by atoms with Crippen LogP contribution in [0.2, 0.25) is 0 Å². The zero-order valence-electron chi connectivity index (χ0n) is 10.9. The number of hydrogen-bond donors (Lipinski definition) is 2. The van der Waals surface area contributed by atoms with E-state index in [2.05, 4.69) is 17.6 Å². The molecule has 0 radical (unpaired) electrons. The van der Waals surface area contributed by atoms with Gasteiger partial charge < -0.3 is 15.5 Å². The largest absolute Gasteiger partial charge is 0.336 e. The van der Waals surface area contributed by atoms with Crippen molar-refractivity contribution in [3.05, 3.63) is 0 Å². The minimum absolute atomic E-state index is 0.0990. The van der Waals surface area contributed by atoms with Crippen molar-refractivity contribution in [3.63, 3.8) is 0 Å². The van der Waals surface area contributed by atoms with Gasteiger partial charge in [0.15, 0.2) is 0 Å². The fraction of sp³-hybridized carbons (Fsp3) is 0.923. The van der Waals surface area contributed by atoms with Gasteiger partial charge in [0.05, 0.1) is 0 Å². The van der Waals surface area contributed by atoms with E-state index in [0.717, 1.165) is 32.1 Å². The Morgan fingerprint density at radius 1 is 1.47 bits per heavy atom. The van der Waals surface area contributed by atoms with Gasteiger partial charge in [-0.25, -0.2) is 4.79 Å². The first kappa shape index (κ1) is 12.7. The molecule has 4 heteroatoms. The van der Waals surface area contributed by atoms with E-state index >= 15 is 0 Å². The van der Waals surface area contributed by atoms with E-state index in [-0.39, 0.29) is 6.03 Å². The molecule has 2 amide bonds. The summed E-state index contributed by atoms with van der Waals surface area (Å²) in [4.78, 5) is 13.2. The van der Waals surface area contributed by atoms with E-state index in [1.54, 1.807) is 0 Å². The van der Waals surface area contributed by atoms with E-state index in [9.17, 15) is 4.79 Å². The van der Waals surface area contributed by atoms with Crippen LogP contribution in [0.25, 0.3) is 0 Å². The van der Waals surface area contributed by atoms with E-state index in [1.807, 2.05) is 4.90 Å². The molecule has 1 saturated carbocycles. The summed E-state index contributed by atoms with van der Waals surface area (Å²) in [5.41, 5.74) is 0. The quantitative estimate of drug-likeness (QED) is 0.765. The van der Waals surface area contributed by atoms with Crippen LogP contribution in [0.15, 0.2) is 0 Å². The third-order valence-electron chi connectivity index (χ3n) is 4.12. The average Bonchev–Trinajstić information content (AvgIpc) is 2.76. The Labute approximate surface area is 104 Å². The van der Waals surface area contributed by atoms with Gasteiger partial charge in [0, 0.05) is 32.2 Å². The van der Waals surface area contributed by atoms with Crippen molar-refractivity contribution in [3.8, 4) is 0 Å². The average molecular weight is 239 g/mol. The highest BCUT2D eigenvalue weighted by molar-refractivity contribution is 5.76. The summed E-state index contributed by atoms with van der Waals surface area (Å²) >= 11 is 0. The van der Waals surface area contributed by atoms with Crippen LogP contribution in [0.4, 0.5) is 4.79 Å². The van der Waals surface area contributed by atoms with Crippen molar-refractivity contribution in [2.45, 2.75) is 45.1 Å². The van der Waals surface area contributed by atoms with Gasteiger partial charge in [-0.15, -0.1) is 0 Å². The Morgan fingerprint density at radius 2 is 2.35 bits per heavy atom. The summed E-state index contributed by atoms with van der Waals surface area (Å²) in [6.07, 6.45) is 6.71. The third kappa shape index (κ3) is 3.60. The predicted octanol–water partition coefficient (Wildman–Crippen LogP) is 1.57. The van der Waals surface area contributed by atoms with Gasteiger partial charge in [-0.05, 0) is 18.8 Å². The fourth-order valence-corrected chi connectivity index (χ4v) is 2.98. The van der Waals surface area contributed by atoms with Gasteiger partial charge in [-0.2, -0.15) is 0 Å². The van der Waals surface area contributed by atoms with E-state index in [1.165, 1.54) is 32.1 Å². The molecule has 2 unspecified atom stereocenters. The van der Waals surface area contributed by atoms with Crippen LogP contribution in [0.5, 0.6) is 0 Å². The summed E-state index contributed by atoms with van der Waals surface area (Å²) in [5.74, 6) is 0.913. The number of urea groups is 1. The minimum Gasteiger partial charge on any atom is -0.336 e. The number of nitrogens with one attached hydrogen (secondary N) is 2. The van der Waals surface area contributed by atoms with Crippen molar-refractivity contribution in [2.75, 3.05) is 26.2 Å². The van der Waals surface area contributed by atoms with Crippen molar-refractivity contribution in [2.24, 2.45) is 5.92 Å². The van der Waals surface area contributed by atoms with Crippen molar-refractivity contribution >= 4 is 6.03 Å². The van der Waals surface area contributed by atoms with Gasteiger partial charge >= 0.3 is 6.03 Å². The third-order valence-corrected chi connectivity index (χ3v) is 4.12. The highest BCUT2D eigenvalue weighted by Crippen LogP contribution is 2.26. The molecule has 1 aliphatic carbocycles. The second-order valence-corrected chi connectivity index (χ2v) is 5.31. The van der Waals surface area contributed by atoms with Crippen LogP contribution in [0.3, 0.4) is 0 Å². The molecular formula is C13H25N3O. The zero-order valence-corrected chi connectivity index (χ0v) is 10.9. The Balaban J connectivity index is 1.62. The van der Waals surface area contributed by atoms with Gasteiger partial charge in [0.1, 0.15) is 0 Å². The molecule has 4 nitrogen and oxygen atoms in total. The molecule has 0 aromatic rings. The van der Waals surface area contributed by atoms with Crippen LogP contribution in [0, 0.1) is 5.92 Å². The maximum Gasteiger partial charge on any atom is 0.317 e.